The number of hydrogen-bond donors (Lipinski definition) is 0. The Hall–Kier alpha value is -2.41. The summed E-state index contributed by atoms with van der Waals surface area (Å²) in [7, 11) is -3.84. The van der Waals surface area contributed by atoms with Crippen LogP contribution in [-0.2, 0) is 16.6 Å². The van der Waals surface area contributed by atoms with Gasteiger partial charge in [-0.1, -0.05) is 49.7 Å². The van der Waals surface area contributed by atoms with Gasteiger partial charge >= 0.3 is 0 Å². The summed E-state index contributed by atoms with van der Waals surface area (Å²) in [6.45, 7) is 6.77. The van der Waals surface area contributed by atoms with Crippen LogP contribution in [0.3, 0.4) is 0 Å². The molecule has 0 aliphatic carbocycles. The summed E-state index contributed by atoms with van der Waals surface area (Å²) in [4.78, 5) is 2.53. The molecular weight excluding hydrogens is 471 g/mol. The van der Waals surface area contributed by atoms with Gasteiger partial charge in [0.25, 0.3) is 10.0 Å². The van der Waals surface area contributed by atoms with Gasteiger partial charge in [0, 0.05) is 30.7 Å². The highest BCUT2D eigenvalue weighted by Gasteiger charge is 2.34. The molecular formula is C27H30ClFN2O2S. The highest BCUT2D eigenvalue weighted by molar-refractivity contribution is 7.92. The molecule has 4 nitrogen and oxygen atoms in total. The van der Waals surface area contributed by atoms with Crippen molar-refractivity contribution in [2.45, 2.75) is 50.1 Å². The van der Waals surface area contributed by atoms with Crippen LogP contribution in [0.15, 0.2) is 77.7 Å². The van der Waals surface area contributed by atoms with Crippen molar-refractivity contribution in [2.75, 3.05) is 17.4 Å². The molecule has 34 heavy (non-hydrogen) atoms. The van der Waals surface area contributed by atoms with Crippen molar-refractivity contribution in [2.24, 2.45) is 0 Å². The lowest BCUT2D eigenvalue weighted by molar-refractivity contribution is 0.206. The third kappa shape index (κ3) is 5.62. The SMILES string of the molecule is CC(C)c1ccc(CN2CCC(N(c3ccc(F)cc3)S(=O)(=O)c3ccc(Cl)cc3)CC2)cc1. The Bertz CT molecular complexity index is 1190. The summed E-state index contributed by atoms with van der Waals surface area (Å²) in [5.41, 5.74) is 3.05. The molecule has 0 spiro atoms. The van der Waals surface area contributed by atoms with Gasteiger partial charge in [0.2, 0.25) is 0 Å². The van der Waals surface area contributed by atoms with Crippen molar-refractivity contribution in [1.82, 2.24) is 4.90 Å². The molecule has 0 amide bonds. The summed E-state index contributed by atoms with van der Waals surface area (Å²) >= 11 is 5.98. The summed E-state index contributed by atoms with van der Waals surface area (Å²) < 4.78 is 42.4. The minimum atomic E-state index is -3.84. The van der Waals surface area contributed by atoms with Crippen molar-refractivity contribution >= 4 is 27.3 Å². The summed E-state index contributed by atoms with van der Waals surface area (Å²) in [6, 6.07) is 20.4. The van der Waals surface area contributed by atoms with E-state index in [4.69, 9.17) is 11.6 Å². The molecule has 3 aromatic carbocycles. The summed E-state index contributed by atoms with van der Waals surface area (Å²) in [6.07, 6.45) is 1.38. The van der Waals surface area contributed by atoms with Gasteiger partial charge < -0.3 is 0 Å². The molecule has 3 aromatic rings. The predicted molar refractivity (Wildman–Crippen MR) is 136 cm³/mol. The van der Waals surface area contributed by atoms with E-state index >= 15 is 0 Å². The van der Waals surface area contributed by atoms with Gasteiger partial charge in [-0.15, -0.1) is 0 Å². The van der Waals surface area contributed by atoms with E-state index in [-0.39, 0.29) is 10.9 Å². The van der Waals surface area contributed by atoms with Gasteiger partial charge in [0.15, 0.2) is 0 Å². The Morgan fingerprint density at radius 1 is 0.941 bits per heavy atom. The second-order valence-corrected chi connectivity index (χ2v) is 11.4. The van der Waals surface area contributed by atoms with E-state index in [9.17, 15) is 12.8 Å². The summed E-state index contributed by atoms with van der Waals surface area (Å²) in [5.74, 6) is 0.107. The molecule has 180 valence electrons. The first-order valence-electron chi connectivity index (χ1n) is 11.6. The van der Waals surface area contributed by atoms with Crippen LogP contribution < -0.4 is 4.31 Å². The van der Waals surface area contributed by atoms with Gasteiger partial charge in [-0.3, -0.25) is 9.21 Å². The highest BCUT2D eigenvalue weighted by Crippen LogP contribution is 2.31. The molecule has 0 unspecified atom stereocenters. The molecule has 0 radical (unpaired) electrons. The number of halogens is 2. The fraction of sp³-hybridized carbons (Fsp3) is 0.333. The average Bonchev–Trinajstić information content (AvgIpc) is 2.82. The first-order valence-corrected chi connectivity index (χ1v) is 13.4. The third-order valence-corrected chi connectivity index (χ3v) is 8.54. The fourth-order valence-electron chi connectivity index (χ4n) is 4.43. The van der Waals surface area contributed by atoms with Gasteiger partial charge in [-0.05, 0) is 78.4 Å². The van der Waals surface area contributed by atoms with Gasteiger partial charge in [-0.25, -0.2) is 12.8 Å². The molecule has 1 fully saturated rings. The maximum absolute atomic E-state index is 13.7. The Morgan fingerprint density at radius 2 is 1.53 bits per heavy atom. The van der Waals surface area contributed by atoms with E-state index in [0.29, 0.717) is 29.5 Å². The van der Waals surface area contributed by atoms with Gasteiger partial charge in [-0.2, -0.15) is 0 Å². The number of rotatable bonds is 7. The molecule has 0 saturated carbocycles. The van der Waals surface area contributed by atoms with Crippen LogP contribution >= 0.6 is 11.6 Å². The average molecular weight is 501 g/mol. The van der Waals surface area contributed by atoms with Crippen LogP contribution in [-0.4, -0.2) is 32.4 Å². The lowest BCUT2D eigenvalue weighted by atomic mass is 10.0. The summed E-state index contributed by atoms with van der Waals surface area (Å²) in [5, 5.41) is 0.474. The zero-order valence-electron chi connectivity index (χ0n) is 19.5. The zero-order chi connectivity index (χ0) is 24.3. The quantitative estimate of drug-likeness (QED) is 0.373. The number of benzene rings is 3. The smallest absolute Gasteiger partial charge is 0.264 e. The molecule has 0 bridgehead atoms. The van der Waals surface area contributed by atoms with Crippen molar-refractivity contribution in [3.8, 4) is 0 Å². The third-order valence-electron chi connectivity index (χ3n) is 6.39. The van der Waals surface area contributed by atoms with Crippen LogP contribution in [0.25, 0.3) is 0 Å². The topological polar surface area (TPSA) is 40.6 Å². The maximum atomic E-state index is 13.7. The van der Waals surface area contributed by atoms with E-state index < -0.39 is 15.8 Å². The van der Waals surface area contributed by atoms with Crippen LogP contribution in [0, 0.1) is 5.82 Å². The molecule has 1 heterocycles. The molecule has 0 aromatic heterocycles. The molecule has 1 aliphatic rings. The van der Waals surface area contributed by atoms with E-state index in [2.05, 4.69) is 43.0 Å². The Kier molecular flexibility index (Phi) is 7.60. The molecule has 1 saturated heterocycles. The van der Waals surface area contributed by atoms with Crippen LogP contribution in [0.2, 0.25) is 5.02 Å². The van der Waals surface area contributed by atoms with Crippen molar-refractivity contribution in [3.63, 3.8) is 0 Å². The monoisotopic (exact) mass is 500 g/mol. The molecule has 7 heteroatoms. The predicted octanol–water partition coefficient (Wildman–Crippen LogP) is 6.46. The number of nitrogens with zero attached hydrogens (tertiary/aromatic N) is 2. The Morgan fingerprint density at radius 3 is 2.09 bits per heavy atom. The highest BCUT2D eigenvalue weighted by atomic mass is 35.5. The van der Waals surface area contributed by atoms with E-state index in [1.807, 2.05) is 0 Å². The first-order chi connectivity index (χ1) is 16.2. The minimum absolute atomic E-state index is 0.175. The number of likely N-dealkylation sites (tertiary alicyclic amines) is 1. The van der Waals surface area contributed by atoms with Crippen molar-refractivity contribution < 1.29 is 12.8 Å². The number of hydrogen-bond acceptors (Lipinski definition) is 3. The fourth-order valence-corrected chi connectivity index (χ4v) is 6.27. The van der Waals surface area contributed by atoms with E-state index in [0.717, 1.165) is 19.6 Å². The minimum Gasteiger partial charge on any atom is -0.299 e. The van der Waals surface area contributed by atoms with Crippen LogP contribution in [0.4, 0.5) is 10.1 Å². The lowest BCUT2D eigenvalue weighted by Crippen LogP contribution is -2.47. The Balaban J connectivity index is 1.52. The molecule has 0 atom stereocenters. The largest absolute Gasteiger partial charge is 0.299 e. The standard InChI is InChI=1S/C27H30ClFN2O2S/c1-20(2)22-5-3-21(4-6-22)19-30-17-15-26(16-18-30)31(25-11-9-24(29)10-12-25)34(32,33)27-13-7-23(28)8-14-27/h3-14,20,26H,15-19H2,1-2H3. The Labute approximate surface area is 207 Å². The first kappa shape index (κ1) is 24.7. The van der Waals surface area contributed by atoms with Gasteiger partial charge in [0.05, 0.1) is 10.6 Å². The normalized spacial score (nSPS) is 15.6. The maximum Gasteiger partial charge on any atom is 0.264 e. The molecule has 1 aliphatic heterocycles. The van der Waals surface area contributed by atoms with E-state index in [1.54, 1.807) is 12.1 Å². The molecule has 4 rings (SSSR count). The van der Waals surface area contributed by atoms with Crippen LogP contribution in [0.5, 0.6) is 0 Å². The van der Waals surface area contributed by atoms with Crippen molar-refractivity contribution in [3.05, 3.63) is 94.8 Å². The number of piperidine rings is 1. The number of sulfonamides is 1. The van der Waals surface area contributed by atoms with Crippen LogP contribution in [0.1, 0.15) is 43.7 Å². The second-order valence-electron chi connectivity index (χ2n) is 9.13. The van der Waals surface area contributed by atoms with E-state index in [1.165, 1.54) is 51.8 Å². The zero-order valence-corrected chi connectivity index (χ0v) is 21.1. The number of anilines is 1. The molecule has 0 N–H and O–H groups in total. The van der Waals surface area contributed by atoms with Crippen molar-refractivity contribution in [1.29, 1.82) is 0 Å². The lowest BCUT2D eigenvalue weighted by Gasteiger charge is -2.39. The second kappa shape index (κ2) is 10.5. The van der Waals surface area contributed by atoms with Gasteiger partial charge in [0.1, 0.15) is 5.82 Å².